The number of aliphatic imine (C=N–C) groups is 2. The first-order valence-corrected chi connectivity index (χ1v) is 4.90. The molecule has 0 saturated heterocycles. The molecule has 1 aromatic carbocycles. The lowest BCUT2D eigenvalue weighted by atomic mass is 10.1. The molecule has 4 heteroatoms. The van der Waals surface area contributed by atoms with Crippen molar-refractivity contribution in [2.75, 3.05) is 6.67 Å². The fourth-order valence-electron chi connectivity index (χ4n) is 1.75. The summed E-state index contributed by atoms with van der Waals surface area (Å²) in [7, 11) is 0. The second kappa shape index (κ2) is 3.31. The van der Waals surface area contributed by atoms with E-state index in [2.05, 4.69) is 26.2 Å². The van der Waals surface area contributed by atoms with Crippen molar-refractivity contribution in [3.8, 4) is 0 Å². The third-order valence-electron chi connectivity index (χ3n) is 2.50. The standard InChI is InChI=1S/C11H10N4/c1-2-4-9-8(3-1)11(15-14-9)10-5-6-12-7-13-10/h1-4,6H,5,7H2,(H,14,15). The van der Waals surface area contributed by atoms with Crippen molar-refractivity contribution in [3.63, 3.8) is 0 Å². The van der Waals surface area contributed by atoms with Gasteiger partial charge in [-0.15, -0.1) is 0 Å². The number of aromatic amines is 1. The number of rotatable bonds is 1. The molecule has 0 bridgehead atoms. The smallest absolute Gasteiger partial charge is 0.129 e. The molecule has 0 aliphatic carbocycles. The lowest BCUT2D eigenvalue weighted by Crippen LogP contribution is -2.07. The quantitative estimate of drug-likeness (QED) is 0.746. The van der Waals surface area contributed by atoms with Crippen LogP contribution in [0.2, 0.25) is 0 Å². The molecule has 74 valence electrons. The van der Waals surface area contributed by atoms with Crippen molar-refractivity contribution in [3.05, 3.63) is 30.0 Å². The largest absolute Gasteiger partial charge is 0.277 e. The maximum absolute atomic E-state index is 4.36. The molecule has 1 aliphatic rings. The van der Waals surface area contributed by atoms with Crippen LogP contribution in [-0.4, -0.2) is 28.8 Å². The Labute approximate surface area is 86.8 Å². The fraction of sp³-hybridized carbons (Fsp3) is 0.182. The predicted molar refractivity (Wildman–Crippen MR) is 60.6 cm³/mol. The van der Waals surface area contributed by atoms with Crippen LogP contribution in [0.3, 0.4) is 0 Å². The average molecular weight is 198 g/mol. The number of benzene rings is 1. The Bertz CT molecular complexity index is 550. The van der Waals surface area contributed by atoms with Gasteiger partial charge in [0.15, 0.2) is 0 Å². The first-order valence-electron chi connectivity index (χ1n) is 4.90. The van der Waals surface area contributed by atoms with Crippen LogP contribution in [-0.2, 0) is 0 Å². The van der Waals surface area contributed by atoms with E-state index in [1.807, 2.05) is 24.4 Å². The summed E-state index contributed by atoms with van der Waals surface area (Å²) >= 11 is 0. The van der Waals surface area contributed by atoms with E-state index in [1.54, 1.807) is 0 Å². The Morgan fingerprint density at radius 2 is 2.13 bits per heavy atom. The van der Waals surface area contributed by atoms with Crippen LogP contribution in [0.5, 0.6) is 0 Å². The number of para-hydroxylation sites is 1. The Morgan fingerprint density at radius 1 is 1.20 bits per heavy atom. The highest BCUT2D eigenvalue weighted by atomic mass is 15.1. The van der Waals surface area contributed by atoms with Gasteiger partial charge in [-0.25, -0.2) is 0 Å². The Morgan fingerprint density at radius 3 is 3.00 bits per heavy atom. The highest BCUT2D eigenvalue weighted by molar-refractivity contribution is 6.13. The summed E-state index contributed by atoms with van der Waals surface area (Å²) in [5, 5.41) is 8.44. The van der Waals surface area contributed by atoms with Crippen molar-refractivity contribution >= 4 is 22.8 Å². The fourth-order valence-corrected chi connectivity index (χ4v) is 1.75. The number of hydrogen-bond acceptors (Lipinski definition) is 3. The lowest BCUT2D eigenvalue weighted by molar-refractivity contribution is 1.03. The minimum Gasteiger partial charge on any atom is -0.277 e. The van der Waals surface area contributed by atoms with Gasteiger partial charge < -0.3 is 0 Å². The van der Waals surface area contributed by atoms with E-state index in [4.69, 9.17) is 0 Å². The summed E-state index contributed by atoms with van der Waals surface area (Å²) in [6.07, 6.45) is 2.67. The van der Waals surface area contributed by atoms with Crippen LogP contribution in [0.15, 0.2) is 34.3 Å². The summed E-state index contributed by atoms with van der Waals surface area (Å²) in [6.45, 7) is 0.524. The molecule has 1 N–H and O–H groups in total. The van der Waals surface area contributed by atoms with Crippen LogP contribution < -0.4 is 0 Å². The average Bonchev–Trinajstić information content (AvgIpc) is 2.74. The highest BCUT2D eigenvalue weighted by Gasteiger charge is 2.11. The minimum absolute atomic E-state index is 0.524. The van der Waals surface area contributed by atoms with Crippen molar-refractivity contribution in [1.29, 1.82) is 0 Å². The maximum Gasteiger partial charge on any atom is 0.129 e. The molecule has 0 radical (unpaired) electrons. The van der Waals surface area contributed by atoms with Gasteiger partial charge in [0, 0.05) is 18.0 Å². The van der Waals surface area contributed by atoms with Crippen LogP contribution in [0.25, 0.3) is 10.9 Å². The van der Waals surface area contributed by atoms with Crippen molar-refractivity contribution in [2.45, 2.75) is 6.42 Å². The van der Waals surface area contributed by atoms with E-state index in [9.17, 15) is 0 Å². The molecule has 1 aromatic heterocycles. The van der Waals surface area contributed by atoms with Crippen LogP contribution in [0, 0.1) is 0 Å². The molecule has 0 saturated carbocycles. The molecule has 0 amide bonds. The van der Waals surface area contributed by atoms with Crippen molar-refractivity contribution < 1.29 is 0 Å². The maximum atomic E-state index is 4.36. The Hall–Kier alpha value is -1.97. The molecule has 15 heavy (non-hydrogen) atoms. The molecular weight excluding hydrogens is 188 g/mol. The number of hydrogen-bond donors (Lipinski definition) is 1. The zero-order valence-electron chi connectivity index (χ0n) is 8.14. The van der Waals surface area contributed by atoms with Crippen LogP contribution in [0.1, 0.15) is 12.1 Å². The van der Waals surface area contributed by atoms with Gasteiger partial charge in [-0.2, -0.15) is 5.10 Å². The van der Waals surface area contributed by atoms with Gasteiger partial charge in [-0.3, -0.25) is 15.1 Å². The molecule has 2 aromatic rings. The molecular formula is C11H10N4. The number of aromatic nitrogens is 2. The SMILES string of the molecule is C1=NCN=C(c2n[nH]c3ccccc23)C1. The molecule has 0 spiro atoms. The van der Waals surface area contributed by atoms with Crippen LogP contribution >= 0.6 is 0 Å². The van der Waals surface area contributed by atoms with Gasteiger partial charge in [-0.05, 0) is 6.07 Å². The first-order chi connectivity index (χ1) is 7.45. The van der Waals surface area contributed by atoms with E-state index in [0.717, 1.165) is 28.7 Å². The summed E-state index contributed by atoms with van der Waals surface area (Å²) < 4.78 is 0. The second-order valence-corrected chi connectivity index (χ2v) is 3.43. The van der Waals surface area contributed by atoms with Gasteiger partial charge in [0.2, 0.25) is 0 Å². The summed E-state index contributed by atoms with van der Waals surface area (Å²) in [6, 6.07) is 8.08. The molecule has 0 atom stereocenters. The summed E-state index contributed by atoms with van der Waals surface area (Å²) in [4.78, 5) is 8.43. The number of fused-ring (bicyclic) bond motifs is 1. The normalized spacial score (nSPS) is 15.6. The first kappa shape index (κ1) is 8.35. The minimum atomic E-state index is 0.524. The molecule has 1 aliphatic heterocycles. The number of nitrogens with zero attached hydrogens (tertiary/aromatic N) is 3. The van der Waals surface area contributed by atoms with E-state index in [0.29, 0.717) is 6.67 Å². The Kier molecular flexibility index (Phi) is 1.84. The predicted octanol–water partition coefficient (Wildman–Crippen LogP) is 1.78. The van der Waals surface area contributed by atoms with E-state index in [-0.39, 0.29) is 0 Å². The molecule has 0 unspecified atom stereocenters. The third-order valence-corrected chi connectivity index (χ3v) is 2.50. The monoisotopic (exact) mass is 198 g/mol. The molecule has 0 fully saturated rings. The van der Waals surface area contributed by atoms with Gasteiger partial charge >= 0.3 is 0 Å². The van der Waals surface area contributed by atoms with E-state index >= 15 is 0 Å². The summed E-state index contributed by atoms with van der Waals surface area (Å²) in [5.74, 6) is 0. The topological polar surface area (TPSA) is 53.4 Å². The van der Waals surface area contributed by atoms with Crippen LogP contribution in [0.4, 0.5) is 0 Å². The zero-order chi connectivity index (χ0) is 10.1. The summed E-state index contributed by atoms with van der Waals surface area (Å²) in [5.41, 5.74) is 3.02. The zero-order valence-corrected chi connectivity index (χ0v) is 8.14. The third kappa shape index (κ3) is 1.34. The second-order valence-electron chi connectivity index (χ2n) is 3.43. The lowest BCUT2D eigenvalue weighted by Gasteiger charge is -2.03. The van der Waals surface area contributed by atoms with Crippen molar-refractivity contribution in [1.82, 2.24) is 10.2 Å². The van der Waals surface area contributed by atoms with Gasteiger partial charge in [0.1, 0.15) is 12.4 Å². The van der Waals surface area contributed by atoms with E-state index in [1.165, 1.54) is 0 Å². The molecule has 3 rings (SSSR count). The van der Waals surface area contributed by atoms with Gasteiger partial charge in [0.05, 0.1) is 11.2 Å². The van der Waals surface area contributed by atoms with Gasteiger partial charge in [0.25, 0.3) is 0 Å². The molecule has 2 heterocycles. The highest BCUT2D eigenvalue weighted by Crippen LogP contribution is 2.17. The van der Waals surface area contributed by atoms with E-state index < -0.39 is 0 Å². The molecule has 4 nitrogen and oxygen atoms in total. The number of H-pyrrole nitrogens is 1. The van der Waals surface area contributed by atoms with Gasteiger partial charge in [-0.1, -0.05) is 18.2 Å². The Balaban J connectivity index is 2.15. The number of nitrogens with one attached hydrogen (secondary N) is 1. The van der Waals surface area contributed by atoms with Crippen molar-refractivity contribution in [2.24, 2.45) is 9.98 Å².